The first-order valence-electron chi connectivity index (χ1n) is 5.60. The topological polar surface area (TPSA) is 15.6 Å². The van der Waals surface area contributed by atoms with Gasteiger partial charge >= 0.3 is 6.18 Å². The first-order valence-corrected chi connectivity index (χ1v) is 5.97. The molecule has 0 atom stereocenters. The highest BCUT2D eigenvalue weighted by Crippen LogP contribution is 2.35. The SMILES string of the molecule is CCCN1CN=C(Cl)c2ccc(C(F)(F)F)cc21. The Hall–Kier alpha value is -1.23. The van der Waals surface area contributed by atoms with Crippen LogP contribution in [0.15, 0.2) is 23.2 Å². The van der Waals surface area contributed by atoms with Gasteiger partial charge in [-0.2, -0.15) is 13.2 Å². The number of benzene rings is 1. The largest absolute Gasteiger partial charge is 0.416 e. The normalized spacial score (nSPS) is 15.4. The van der Waals surface area contributed by atoms with Crippen LogP contribution in [0, 0.1) is 0 Å². The van der Waals surface area contributed by atoms with Crippen LogP contribution in [-0.4, -0.2) is 18.4 Å². The van der Waals surface area contributed by atoms with Crippen LogP contribution in [0.5, 0.6) is 0 Å². The van der Waals surface area contributed by atoms with E-state index in [1.165, 1.54) is 6.07 Å². The molecule has 1 aliphatic heterocycles. The molecule has 0 saturated carbocycles. The Kier molecular flexibility index (Phi) is 3.52. The van der Waals surface area contributed by atoms with E-state index in [0.717, 1.165) is 18.6 Å². The van der Waals surface area contributed by atoms with E-state index in [4.69, 9.17) is 11.6 Å². The average Bonchev–Trinajstić information content (AvgIpc) is 2.31. The van der Waals surface area contributed by atoms with Crippen molar-refractivity contribution in [2.45, 2.75) is 19.5 Å². The molecule has 0 aromatic heterocycles. The summed E-state index contributed by atoms with van der Waals surface area (Å²) in [5.41, 5.74) is 0.407. The molecule has 98 valence electrons. The van der Waals surface area contributed by atoms with Crippen molar-refractivity contribution in [3.05, 3.63) is 29.3 Å². The van der Waals surface area contributed by atoms with Gasteiger partial charge in [0.1, 0.15) is 11.8 Å². The number of alkyl halides is 3. The molecular formula is C12H12ClF3N2. The first-order chi connectivity index (χ1) is 8.43. The van der Waals surface area contributed by atoms with Crippen molar-refractivity contribution in [2.75, 3.05) is 18.1 Å². The molecule has 0 amide bonds. The van der Waals surface area contributed by atoms with Crippen LogP contribution in [0.4, 0.5) is 18.9 Å². The van der Waals surface area contributed by atoms with Crippen molar-refractivity contribution in [3.8, 4) is 0 Å². The minimum absolute atomic E-state index is 0.270. The Morgan fingerprint density at radius 1 is 1.39 bits per heavy atom. The zero-order chi connectivity index (χ0) is 13.3. The number of fused-ring (bicyclic) bond motifs is 1. The van der Waals surface area contributed by atoms with Crippen LogP contribution in [0.25, 0.3) is 0 Å². The Balaban J connectivity index is 2.47. The summed E-state index contributed by atoms with van der Waals surface area (Å²) in [4.78, 5) is 5.89. The van der Waals surface area contributed by atoms with E-state index in [1.54, 1.807) is 4.90 Å². The summed E-state index contributed by atoms with van der Waals surface area (Å²) in [6, 6.07) is 3.56. The standard InChI is InChI=1S/C12H12ClF3N2/c1-2-5-18-7-17-11(13)9-4-3-8(6-10(9)18)12(14,15)16/h3-4,6H,2,5,7H2,1H3. The van der Waals surface area contributed by atoms with Gasteiger partial charge in [-0.3, -0.25) is 4.99 Å². The molecule has 0 spiro atoms. The number of aliphatic imine (C=N–C) groups is 1. The highest BCUT2D eigenvalue weighted by molar-refractivity contribution is 6.70. The lowest BCUT2D eigenvalue weighted by Gasteiger charge is -2.29. The molecule has 0 fully saturated rings. The summed E-state index contributed by atoms with van der Waals surface area (Å²) in [7, 11) is 0. The second-order valence-electron chi connectivity index (χ2n) is 4.08. The van der Waals surface area contributed by atoms with E-state index in [0.29, 0.717) is 24.5 Å². The molecule has 1 aromatic carbocycles. The number of rotatable bonds is 2. The molecule has 0 radical (unpaired) electrons. The van der Waals surface area contributed by atoms with Gasteiger partial charge in [0.2, 0.25) is 0 Å². The Morgan fingerprint density at radius 3 is 2.72 bits per heavy atom. The molecule has 1 heterocycles. The van der Waals surface area contributed by atoms with Crippen molar-refractivity contribution in [3.63, 3.8) is 0 Å². The minimum atomic E-state index is -4.34. The maximum absolute atomic E-state index is 12.7. The number of hydrogen-bond acceptors (Lipinski definition) is 2. The summed E-state index contributed by atoms with van der Waals surface area (Å²) < 4.78 is 38.1. The third kappa shape index (κ3) is 2.46. The molecule has 0 bridgehead atoms. The maximum Gasteiger partial charge on any atom is 0.416 e. The van der Waals surface area contributed by atoms with E-state index >= 15 is 0 Å². The van der Waals surface area contributed by atoms with Crippen LogP contribution < -0.4 is 4.90 Å². The number of hydrogen-bond donors (Lipinski definition) is 0. The predicted molar refractivity (Wildman–Crippen MR) is 66.3 cm³/mol. The second kappa shape index (κ2) is 4.80. The summed E-state index contributed by atoms with van der Waals surface area (Å²) >= 11 is 5.92. The van der Waals surface area contributed by atoms with E-state index in [-0.39, 0.29) is 5.17 Å². The average molecular weight is 277 g/mol. The van der Waals surface area contributed by atoms with Crippen LogP contribution in [-0.2, 0) is 6.18 Å². The fourth-order valence-corrected chi connectivity index (χ4v) is 2.13. The lowest BCUT2D eigenvalue weighted by atomic mass is 10.1. The molecule has 1 aliphatic rings. The molecule has 2 rings (SSSR count). The van der Waals surface area contributed by atoms with Crippen molar-refractivity contribution in [1.82, 2.24) is 0 Å². The van der Waals surface area contributed by atoms with Gasteiger partial charge in [-0.1, -0.05) is 18.5 Å². The fraction of sp³-hybridized carbons (Fsp3) is 0.417. The lowest BCUT2D eigenvalue weighted by Crippen LogP contribution is -2.29. The molecule has 0 N–H and O–H groups in total. The molecule has 1 aromatic rings. The molecule has 6 heteroatoms. The van der Waals surface area contributed by atoms with Crippen molar-refractivity contribution >= 4 is 22.5 Å². The maximum atomic E-state index is 12.7. The van der Waals surface area contributed by atoms with Crippen LogP contribution >= 0.6 is 11.6 Å². The van der Waals surface area contributed by atoms with Crippen LogP contribution in [0.1, 0.15) is 24.5 Å². The summed E-state index contributed by atoms with van der Waals surface area (Å²) in [5, 5.41) is 0.270. The number of halogens is 4. The Morgan fingerprint density at radius 2 is 2.11 bits per heavy atom. The molecule has 0 unspecified atom stereocenters. The highest BCUT2D eigenvalue weighted by Gasteiger charge is 2.32. The molecule has 18 heavy (non-hydrogen) atoms. The molecule has 2 nitrogen and oxygen atoms in total. The van der Waals surface area contributed by atoms with E-state index in [2.05, 4.69) is 4.99 Å². The number of anilines is 1. The Bertz CT molecular complexity index is 483. The van der Waals surface area contributed by atoms with Gasteiger partial charge < -0.3 is 4.90 Å². The monoisotopic (exact) mass is 276 g/mol. The first kappa shape index (κ1) is 13.2. The molecule has 0 saturated heterocycles. The van der Waals surface area contributed by atoms with Gasteiger partial charge in [-0.25, -0.2) is 0 Å². The Labute approximate surface area is 108 Å². The fourth-order valence-electron chi connectivity index (χ4n) is 1.91. The summed E-state index contributed by atoms with van der Waals surface area (Å²) in [5.74, 6) is 0. The van der Waals surface area contributed by atoms with E-state index in [9.17, 15) is 13.2 Å². The van der Waals surface area contributed by atoms with Crippen molar-refractivity contribution in [2.24, 2.45) is 4.99 Å². The van der Waals surface area contributed by atoms with Gasteiger partial charge in [0.25, 0.3) is 0 Å². The third-order valence-corrected chi connectivity index (χ3v) is 3.08. The van der Waals surface area contributed by atoms with E-state index in [1.807, 2.05) is 6.92 Å². The van der Waals surface area contributed by atoms with Crippen molar-refractivity contribution in [1.29, 1.82) is 0 Å². The quantitative estimate of drug-likeness (QED) is 0.800. The predicted octanol–water partition coefficient (Wildman–Crippen LogP) is 3.88. The van der Waals surface area contributed by atoms with Gasteiger partial charge in [0, 0.05) is 17.8 Å². The lowest BCUT2D eigenvalue weighted by molar-refractivity contribution is -0.137. The van der Waals surface area contributed by atoms with Gasteiger partial charge in [0.05, 0.1) is 5.56 Å². The smallest absolute Gasteiger partial charge is 0.352 e. The van der Waals surface area contributed by atoms with E-state index < -0.39 is 11.7 Å². The number of nitrogens with zero attached hydrogens (tertiary/aromatic N) is 2. The van der Waals surface area contributed by atoms with Crippen LogP contribution in [0.3, 0.4) is 0 Å². The molecule has 0 aliphatic carbocycles. The van der Waals surface area contributed by atoms with Gasteiger partial charge in [-0.15, -0.1) is 0 Å². The highest BCUT2D eigenvalue weighted by atomic mass is 35.5. The minimum Gasteiger partial charge on any atom is -0.352 e. The van der Waals surface area contributed by atoms with Crippen LogP contribution in [0.2, 0.25) is 0 Å². The summed E-state index contributed by atoms with van der Waals surface area (Å²) in [6.07, 6.45) is -3.50. The third-order valence-electron chi connectivity index (χ3n) is 2.76. The zero-order valence-electron chi connectivity index (χ0n) is 9.76. The van der Waals surface area contributed by atoms with Gasteiger partial charge in [0.15, 0.2) is 0 Å². The summed E-state index contributed by atoms with van der Waals surface area (Å²) in [6.45, 7) is 2.93. The van der Waals surface area contributed by atoms with Crippen molar-refractivity contribution < 1.29 is 13.2 Å². The second-order valence-corrected chi connectivity index (χ2v) is 4.44. The molecular weight excluding hydrogens is 265 g/mol. The van der Waals surface area contributed by atoms with Gasteiger partial charge in [-0.05, 0) is 24.6 Å². The zero-order valence-corrected chi connectivity index (χ0v) is 10.5.